The maximum atomic E-state index is 13.1. The first kappa shape index (κ1) is 15.2. The van der Waals surface area contributed by atoms with Crippen molar-refractivity contribution in [2.24, 2.45) is 5.73 Å². The number of rotatable bonds is 5. The molecule has 0 fully saturated rings. The van der Waals surface area contributed by atoms with Crippen molar-refractivity contribution < 1.29 is 17.6 Å². The van der Waals surface area contributed by atoms with Crippen molar-refractivity contribution in [3.05, 3.63) is 23.5 Å². The number of nitrogens with one attached hydrogen (secondary N) is 2. The van der Waals surface area contributed by atoms with E-state index in [1.54, 1.807) is 0 Å². The first-order valence-electron chi connectivity index (χ1n) is 5.32. The second-order valence-corrected chi connectivity index (χ2v) is 5.56. The molecular weight excluding hydrogens is 275 g/mol. The van der Waals surface area contributed by atoms with Gasteiger partial charge in [0.1, 0.15) is 5.82 Å². The van der Waals surface area contributed by atoms with Gasteiger partial charge in [0.2, 0.25) is 10.0 Å². The van der Waals surface area contributed by atoms with Gasteiger partial charge in [-0.2, -0.15) is 0 Å². The molecule has 106 valence electrons. The molecule has 0 saturated carbocycles. The van der Waals surface area contributed by atoms with E-state index in [2.05, 4.69) is 10.0 Å². The van der Waals surface area contributed by atoms with E-state index >= 15 is 0 Å². The zero-order valence-electron chi connectivity index (χ0n) is 10.2. The van der Waals surface area contributed by atoms with Gasteiger partial charge >= 0.3 is 6.03 Å². The van der Waals surface area contributed by atoms with E-state index in [-0.39, 0.29) is 29.2 Å². The summed E-state index contributed by atoms with van der Waals surface area (Å²) in [5, 5.41) is 2.23. The minimum Gasteiger partial charge on any atom is -0.396 e. The van der Waals surface area contributed by atoms with Crippen molar-refractivity contribution in [1.29, 1.82) is 0 Å². The van der Waals surface area contributed by atoms with Crippen LogP contribution in [-0.4, -0.2) is 27.5 Å². The van der Waals surface area contributed by atoms with Gasteiger partial charge in [0.15, 0.2) is 0 Å². The molecule has 7 nitrogen and oxygen atoms in total. The van der Waals surface area contributed by atoms with Gasteiger partial charge in [-0.25, -0.2) is 22.3 Å². The Morgan fingerprint density at radius 2 is 2.00 bits per heavy atom. The van der Waals surface area contributed by atoms with Crippen molar-refractivity contribution in [2.75, 3.05) is 18.8 Å². The molecule has 0 unspecified atom stereocenters. The summed E-state index contributed by atoms with van der Waals surface area (Å²) in [5.41, 5.74) is 10.2. The van der Waals surface area contributed by atoms with Gasteiger partial charge in [0.25, 0.3) is 0 Å². The number of sulfonamides is 1. The number of halogens is 1. The minimum atomic E-state index is -3.82. The standard InChI is InChI=1S/C10H15FN4O3S/c1-6-4-7(11)8(12)5-9(6)19(17,18)15-3-2-14-10(13)16/h4-5,15H,2-3,12H2,1H3,(H3,13,14,16). The monoisotopic (exact) mass is 290 g/mol. The number of benzene rings is 1. The highest BCUT2D eigenvalue weighted by atomic mass is 32.2. The predicted molar refractivity (Wildman–Crippen MR) is 68.3 cm³/mol. The predicted octanol–water partition coefficient (Wildman–Crippen LogP) is -0.337. The second kappa shape index (κ2) is 5.85. The van der Waals surface area contributed by atoms with Gasteiger partial charge in [-0.3, -0.25) is 0 Å². The molecule has 0 saturated heterocycles. The van der Waals surface area contributed by atoms with Crippen LogP contribution in [0.4, 0.5) is 14.9 Å². The molecule has 0 heterocycles. The molecule has 0 spiro atoms. The highest BCUT2D eigenvalue weighted by Crippen LogP contribution is 2.21. The summed E-state index contributed by atoms with van der Waals surface area (Å²) in [6.45, 7) is 1.46. The molecular formula is C10H15FN4O3S. The SMILES string of the molecule is Cc1cc(F)c(N)cc1S(=O)(=O)NCCNC(N)=O. The fourth-order valence-electron chi connectivity index (χ4n) is 1.41. The third-order valence-corrected chi connectivity index (χ3v) is 3.90. The Morgan fingerprint density at radius 1 is 1.37 bits per heavy atom. The lowest BCUT2D eigenvalue weighted by Gasteiger charge is -2.10. The van der Waals surface area contributed by atoms with Gasteiger partial charge in [-0.15, -0.1) is 0 Å². The average Bonchev–Trinajstić information content (AvgIpc) is 2.29. The number of primary amides is 1. The van der Waals surface area contributed by atoms with Gasteiger partial charge in [-0.05, 0) is 24.6 Å². The third kappa shape index (κ3) is 4.07. The van der Waals surface area contributed by atoms with Crippen LogP contribution in [0.15, 0.2) is 17.0 Å². The second-order valence-electron chi connectivity index (χ2n) is 3.83. The highest BCUT2D eigenvalue weighted by Gasteiger charge is 2.18. The molecule has 19 heavy (non-hydrogen) atoms. The molecule has 1 aromatic rings. The zero-order valence-corrected chi connectivity index (χ0v) is 11.1. The number of amides is 2. The normalized spacial score (nSPS) is 11.3. The molecule has 6 N–H and O–H groups in total. The number of hydrogen-bond acceptors (Lipinski definition) is 4. The lowest BCUT2D eigenvalue weighted by atomic mass is 10.2. The molecule has 2 amide bonds. The first-order valence-corrected chi connectivity index (χ1v) is 6.81. The summed E-state index contributed by atoms with van der Waals surface area (Å²) < 4.78 is 39.2. The van der Waals surface area contributed by atoms with Crippen LogP contribution in [0.1, 0.15) is 5.56 Å². The van der Waals surface area contributed by atoms with E-state index in [4.69, 9.17) is 11.5 Å². The van der Waals surface area contributed by atoms with Crippen molar-refractivity contribution in [2.45, 2.75) is 11.8 Å². The van der Waals surface area contributed by atoms with E-state index in [1.807, 2.05) is 0 Å². The van der Waals surface area contributed by atoms with Crippen molar-refractivity contribution in [3.63, 3.8) is 0 Å². The Kier molecular flexibility index (Phi) is 4.67. The fraction of sp³-hybridized carbons (Fsp3) is 0.300. The topological polar surface area (TPSA) is 127 Å². The maximum Gasteiger partial charge on any atom is 0.312 e. The van der Waals surface area contributed by atoms with E-state index in [1.165, 1.54) is 6.92 Å². The van der Waals surface area contributed by atoms with Crippen LogP contribution in [0.3, 0.4) is 0 Å². The molecule has 0 aliphatic heterocycles. The minimum absolute atomic E-state index is 0.0397. The first-order chi connectivity index (χ1) is 8.74. The molecule has 1 rings (SSSR count). The maximum absolute atomic E-state index is 13.1. The molecule has 0 aromatic heterocycles. The number of nitrogen functional groups attached to an aromatic ring is 1. The number of carbonyl (C=O) groups excluding carboxylic acids is 1. The van der Waals surface area contributed by atoms with Gasteiger partial charge in [-0.1, -0.05) is 0 Å². The quantitative estimate of drug-likeness (QED) is 0.437. The highest BCUT2D eigenvalue weighted by molar-refractivity contribution is 7.89. The van der Waals surface area contributed by atoms with E-state index in [9.17, 15) is 17.6 Å². The average molecular weight is 290 g/mol. The van der Waals surface area contributed by atoms with Crippen molar-refractivity contribution in [1.82, 2.24) is 10.0 Å². The Labute approximate surface area is 110 Å². The van der Waals surface area contributed by atoms with Crippen LogP contribution in [0.2, 0.25) is 0 Å². The van der Waals surface area contributed by atoms with Crippen LogP contribution >= 0.6 is 0 Å². The lowest BCUT2D eigenvalue weighted by Crippen LogP contribution is -2.37. The van der Waals surface area contributed by atoms with Crippen LogP contribution in [0.5, 0.6) is 0 Å². The van der Waals surface area contributed by atoms with E-state index in [0.29, 0.717) is 0 Å². The van der Waals surface area contributed by atoms with Crippen molar-refractivity contribution in [3.8, 4) is 0 Å². The van der Waals surface area contributed by atoms with Gasteiger partial charge in [0, 0.05) is 13.1 Å². The molecule has 0 atom stereocenters. The van der Waals surface area contributed by atoms with E-state index < -0.39 is 21.9 Å². The Balaban J connectivity index is 2.83. The number of nitrogens with two attached hydrogens (primary N) is 2. The number of hydrogen-bond donors (Lipinski definition) is 4. The summed E-state index contributed by atoms with van der Waals surface area (Å²) in [6, 6.07) is 1.35. The summed E-state index contributed by atoms with van der Waals surface area (Å²) in [5.74, 6) is -0.674. The Morgan fingerprint density at radius 3 is 2.58 bits per heavy atom. The summed E-state index contributed by atoms with van der Waals surface area (Å²) in [6.07, 6.45) is 0. The third-order valence-electron chi connectivity index (χ3n) is 2.30. The van der Waals surface area contributed by atoms with Crippen molar-refractivity contribution >= 4 is 21.7 Å². The fourth-order valence-corrected chi connectivity index (χ4v) is 2.70. The van der Waals surface area contributed by atoms with Gasteiger partial charge in [0.05, 0.1) is 10.6 Å². The van der Waals surface area contributed by atoms with Gasteiger partial charge < -0.3 is 16.8 Å². The zero-order chi connectivity index (χ0) is 14.6. The molecule has 0 bridgehead atoms. The van der Waals surface area contributed by atoms with E-state index in [0.717, 1.165) is 12.1 Å². The number of aryl methyl sites for hydroxylation is 1. The lowest BCUT2D eigenvalue weighted by molar-refractivity contribution is 0.249. The molecule has 0 aliphatic rings. The van der Waals surface area contributed by atoms with Crippen LogP contribution in [0, 0.1) is 12.7 Å². The Bertz CT molecular complexity index is 589. The molecule has 0 radical (unpaired) electrons. The summed E-state index contributed by atoms with van der Waals surface area (Å²) in [4.78, 5) is 10.3. The summed E-state index contributed by atoms with van der Waals surface area (Å²) >= 11 is 0. The molecule has 0 aliphatic carbocycles. The largest absolute Gasteiger partial charge is 0.396 e. The van der Waals surface area contributed by atoms with Crippen LogP contribution < -0.4 is 21.5 Å². The number of urea groups is 1. The number of anilines is 1. The number of carbonyl (C=O) groups is 1. The van der Waals surface area contributed by atoms with Crippen LogP contribution in [0.25, 0.3) is 0 Å². The van der Waals surface area contributed by atoms with Crippen LogP contribution in [-0.2, 0) is 10.0 Å². The molecule has 1 aromatic carbocycles. The molecule has 9 heteroatoms. The smallest absolute Gasteiger partial charge is 0.312 e. The summed E-state index contributed by atoms with van der Waals surface area (Å²) in [7, 11) is -3.82. The Hall–Kier alpha value is -1.87.